The number of methoxy groups -OCH3 is 1. The average Bonchev–Trinajstić information content (AvgIpc) is 2.79. The van der Waals surface area contributed by atoms with E-state index < -0.39 is 6.04 Å². The quantitative estimate of drug-likeness (QED) is 0.697. The van der Waals surface area contributed by atoms with E-state index in [0.29, 0.717) is 37.9 Å². The summed E-state index contributed by atoms with van der Waals surface area (Å²) in [7, 11) is 1.60. The van der Waals surface area contributed by atoms with Crippen molar-refractivity contribution >= 4 is 17.7 Å². The fourth-order valence-corrected chi connectivity index (χ4v) is 3.86. The molecule has 170 valence electrons. The summed E-state index contributed by atoms with van der Waals surface area (Å²) in [6, 6.07) is 14.3. The van der Waals surface area contributed by atoms with E-state index in [4.69, 9.17) is 4.74 Å². The van der Waals surface area contributed by atoms with Crippen molar-refractivity contribution in [1.82, 2.24) is 15.5 Å². The lowest BCUT2D eigenvalue weighted by Crippen LogP contribution is -2.53. The Morgan fingerprint density at radius 1 is 1.03 bits per heavy atom. The third-order valence-corrected chi connectivity index (χ3v) is 5.72. The maximum atomic E-state index is 12.9. The number of nitrogens with zero attached hydrogens (tertiary/aromatic N) is 1. The molecule has 1 atom stereocenters. The van der Waals surface area contributed by atoms with Crippen LogP contribution >= 0.6 is 0 Å². The topological polar surface area (TPSA) is 87.7 Å². The highest BCUT2D eigenvalue weighted by atomic mass is 16.5. The molecule has 1 aliphatic rings. The first-order valence-electron chi connectivity index (χ1n) is 10.9. The Kier molecular flexibility index (Phi) is 7.87. The molecule has 1 unspecified atom stereocenters. The lowest BCUT2D eigenvalue weighted by molar-refractivity contribution is -0.128. The molecule has 7 heteroatoms. The molecular formula is C25H31N3O4. The summed E-state index contributed by atoms with van der Waals surface area (Å²) in [5, 5.41) is 5.81. The minimum atomic E-state index is -0.659. The molecule has 3 amide bonds. The van der Waals surface area contributed by atoms with Gasteiger partial charge in [-0.1, -0.05) is 29.8 Å². The van der Waals surface area contributed by atoms with E-state index in [-0.39, 0.29) is 23.8 Å². The molecule has 0 spiro atoms. The van der Waals surface area contributed by atoms with Crippen LogP contribution in [0.3, 0.4) is 0 Å². The predicted octanol–water partition coefficient (Wildman–Crippen LogP) is 2.47. The van der Waals surface area contributed by atoms with E-state index in [9.17, 15) is 14.4 Å². The Bertz CT molecular complexity index is 933. The van der Waals surface area contributed by atoms with Crippen LogP contribution in [0.4, 0.5) is 0 Å². The summed E-state index contributed by atoms with van der Waals surface area (Å²) in [6.07, 6.45) is 1.75. The van der Waals surface area contributed by atoms with Crippen molar-refractivity contribution in [3.63, 3.8) is 0 Å². The second kappa shape index (κ2) is 10.8. The maximum Gasteiger partial charge on any atom is 0.253 e. The minimum absolute atomic E-state index is 0.0189. The fraction of sp³-hybridized carbons (Fsp3) is 0.400. The third kappa shape index (κ3) is 6.33. The number of rotatable bonds is 7. The van der Waals surface area contributed by atoms with Crippen molar-refractivity contribution in [3.05, 3.63) is 65.2 Å². The van der Waals surface area contributed by atoms with Crippen LogP contribution in [-0.4, -0.2) is 54.9 Å². The summed E-state index contributed by atoms with van der Waals surface area (Å²) in [6.45, 7) is 4.57. The van der Waals surface area contributed by atoms with Gasteiger partial charge in [0.2, 0.25) is 11.8 Å². The molecule has 3 rings (SSSR count). The molecule has 1 aliphatic heterocycles. The van der Waals surface area contributed by atoms with Gasteiger partial charge in [0.15, 0.2) is 0 Å². The van der Waals surface area contributed by atoms with Gasteiger partial charge in [-0.15, -0.1) is 0 Å². The number of benzene rings is 2. The van der Waals surface area contributed by atoms with Crippen molar-refractivity contribution in [3.8, 4) is 5.75 Å². The van der Waals surface area contributed by atoms with Crippen LogP contribution in [0.1, 0.15) is 41.3 Å². The van der Waals surface area contributed by atoms with Gasteiger partial charge in [0, 0.05) is 38.0 Å². The van der Waals surface area contributed by atoms with Crippen molar-refractivity contribution in [2.45, 2.75) is 45.2 Å². The van der Waals surface area contributed by atoms with Crippen LogP contribution in [0.15, 0.2) is 48.5 Å². The molecule has 2 N–H and O–H groups in total. The SMILES string of the molecule is COc1ccc(CC(NC(C)=O)C(=O)NC2CCN(C(=O)c3ccc(C)cc3)CC2)cc1. The fourth-order valence-electron chi connectivity index (χ4n) is 3.86. The summed E-state index contributed by atoms with van der Waals surface area (Å²) in [5.74, 6) is 0.295. The van der Waals surface area contributed by atoms with E-state index in [1.807, 2.05) is 60.4 Å². The first-order valence-corrected chi connectivity index (χ1v) is 10.9. The predicted molar refractivity (Wildman–Crippen MR) is 123 cm³/mol. The highest BCUT2D eigenvalue weighted by molar-refractivity contribution is 5.94. The lowest BCUT2D eigenvalue weighted by atomic mass is 10.0. The first-order chi connectivity index (χ1) is 15.4. The van der Waals surface area contributed by atoms with Crippen LogP contribution in [0.25, 0.3) is 0 Å². The Morgan fingerprint density at radius 3 is 2.22 bits per heavy atom. The number of nitrogens with one attached hydrogen (secondary N) is 2. The molecule has 1 heterocycles. The summed E-state index contributed by atoms with van der Waals surface area (Å²) in [4.78, 5) is 39.1. The minimum Gasteiger partial charge on any atom is -0.497 e. The summed E-state index contributed by atoms with van der Waals surface area (Å²) < 4.78 is 5.17. The number of hydrogen-bond donors (Lipinski definition) is 2. The number of carbonyl (C=O) groups is 3. The van der Waals surface area contributed by atoms with Crippen LogP contribution in [0, 0.1) is 6.92 Å². The van der Waals surface area contributed by atoms with Crippen molar-refractivity contribution in [2.75, 3.05) is 20.2 Å². The van der Waals surface area contributed by atoms with Crippen molar-refractivity contribution in [1.29, 1.82) is 0 Å². The van der Waals surface area contributed by atoms with Crippen LogP contribution in [0.5, 0.6) is 5.75 Å². The standard InChI is InChI=1S/C25H31N3O4/c1-17-4-8-20(9-5-17)25(31)28-14-12-21(13-15-28)27-24(30)23(26-18(2)29)16-19-6-10-22(32-3)11-7-19/h4-11,21,23H,12-16H2,1-3H3,(H,26,29)(H,27,30). The monoisotopic (exact) mass is 437 g/mol. The number of ether oxygens (including phenoxy) is 1. The van der Waals surface area contributed by atoms with Gasteiger partial charge in [0.25, 0.3) is 5.91 Å². The molecule has 1 saturated heterocycles. The third-order valence-electron chi connectivity index (χ3n) is 5.72. The molecule has 0 bridgehead atoms. The highest BCUT2D eigenvalue weighted by Crippen LogP contribution is 2.16. The molecule has 7 nitrogen and oxygen atoms in total. The number of hydrogen-bond acceptors (Lipinski definition) is 4. The number of carbonyl (C=O) groups excluding carboxylic acids is 3. The van der Waals surface area contributed by atoms with Gasteiger partial charge >= 0.3 is 0 Å². The maximum absolute atomic E-state index is 12.9. The Labute approximate surface area is 189 Å². The number of piperidine rings is 1. The van der Waals surface area contributed by atoms with Gasteiger partial charge in [-0.25, -0.2) is 0 Å². The average molecular weight is 438 g/mol. The molecule has 0 saturated carbocycles. The summed E-state index contributed by atoms with van der Waals surface area (Å²) in [5.41, 5.74) is 2.73. The molecule has 0 radical (unpaired) electrons. The van der Waals surface area contributed by atoms with E-state index in [1.165, 1.54) is 6.92 Å². The number of likely N-dealkylation sites (tertiary alicyclic amines) is 1. The largest absolute Gasteiger partial charge is 0.497 e. The second-order valence-corrected chi connectivity index (χ2v) is 8.25. The van der Waals surface area contributed by atoms with Gasteiger partial charge in [-0.2, -0.15) is 0 Å². The van der Waals surface area contributed by atoms with Gasteiger partial charge in [0.1, 0.15) is 11.8 Å². The van der Waals surface area contributed by atoms with Gasteiger partial charge in [-0.05, 0) is 49.6 Å². The van der Waals surface area contributed by atoms with Crippen molar-refractivity contribution < 1.29 is 19.1 Å². The zero-order valence-electron chi connectivity index (χ0n) is 18.9. The number of aryl methyl sites for hydroxylation is 1. The van der Waals surface area contributed by atoms with E-state index in [2.05, 4.69) is 10.6 Å². The molecule has 2 aromatic rings. The Balaban J connectivity index is 1.55. The molecule has 32 heavy (non-hydrogen) atoms. The molecule has 0 aliphatic carbocycles. The number of amides is 3. The van der Waals surface area contributed by atoms with Crippen LogP contribution in [0.2, 0.25) is 0 Å². The smallest absolute Gasteiger partial charge is 0.253 e. The molecular weight excluding hydrogens is 406 g/mol. The van der Waals surface area contributed by atoms with E-state index in [1.54, 1.807) is 7.11 Å². The second-order valence-electron chi connectivity index (χ2n) is 8.25. The van der Waals surface area contributed by atoms with Crippen LogP contribution < -0.4 is 15.4 Å². The lowest BCUT2D eigenvalue weighted by Gasteiger charge is -2.33. The Hall–Kier alpha value is -3.35. The van der Waals surface area contributed by atoms with Crippen LogP contribution in [-0.2, 0) is 16.0 Å². The summed E-state index contributed by atoms with van der Waals surface area (Å²) >= 11 is 0. The highest BCUT2D eigenvalue weighted by Gasteiger charge is 2.27. The zero-order chi connectivity index (χ0) is 23.1. The Morgan fingerprint density at radius 2 is 1.66 bits per heavy atom. The molecule has 2 aromatic carbocycles. The van der Waals surface area contributed by atoms with E-state index in [0.717, 1.165) is 16.9 Å². The molecule has 1 fully saturated rings. The first kappa shape index (κ1) is 23.3. The zero-order valence-corrected chi connectivity index (χ0v) is 18.9. The van der Waals surface area contributed by atoms with Gasteiger partial charge in [0.05, 0.1) is 7.11 Å². The van der Waals surface area contributed by atoms with Gasteiger partial charge in [-0.3, -0.25) is 14.4 Å². The molecule has 0 aromatic heterocycles. The normalized spacial score (nSPS) is 15.0. The van der Waals surface area contributed by atoms with Crippen molar-refractivity contribution in [2.24, 2.45) is 0 Å². The van der Waals surface area contributed by atoms with Gasteiger partial charge < -0.3 is 20.3 Å². The van der Waals surface area contributed by atoms with E-state index >= 15 is 0 Å².